The fraction of sp³-hybridized carbons (Fsp3) is 0.286. The maximum Gasteiger partial charge on any atom is 0.360 e. The summed E-state index contributed by atoms with van der Waals surface area (Å²) in [6.45, 7) is 3.99. The maximum atomic E-state index is 11.9. The number of hydrogen-bond donors (Lipinski definition) is 1. The summed E-state index contributed by atoms with van der Waals surface area (Å²) in [5.74, 6) is 0.489. The molecule has 112 valence electrons. The average Bonchev–Trinajstić information content (AvgIpc) is 2.76. The monoisotopic (exact) mass is 415 g/mol. The number of aryl methyl sites for hydroxylation is 1. The molecule has 0 saturated heterocycles. The first-order valence-corrected chi connectivity index (χ1v) is 8.07. The molecule has 7 heteroatoms. The quantitative estimate of drug-likeness (QED) is 0.771. The number of benzene rings is 1. The lowest BCUT2D eigenvalue weighted by Gasteiger charge is -2.11. The molecule has 0 aliphatic rings. The van der Waals surface area contributed by atoms with Gasteiger partial charge in [-0.15, -0.1) is 0 Å². The van der Waals surface area contributed by atoms with Crippen molar-refractivity contribution in [2.45, 2.75) is 20.3 Å². The fourth-order valence-corrected chi connectivity index (χ4v) is 3.22. The Morgan fingerprint density at radius 2 is 2.10 bits per heavy atom. The number of ether oxygens (including phenoxy) is 1. The van der Waals surface area contributed by atoms with Crippen LogP contribution in [0.2, 0.25) is 0 Å². The van der Waals surface area contributed by atoms with E-state index in [1.807, 2.05) is 25.1 Å². The van der Waals surface area contributed by atoms with Crippen molar-refractivity contribution in [2.24, 2.45) is 0 Å². The van der Waals surface area contributed by atoms with Crippen LogP contribution in [0.1, 0.15) is 30.2 Å². The zero-order valence-electron chi connectivity index (χ0n) is 11.7. The van der Waals surface area contributed by atoms with Gasteiger partial charge in [0.1, 0.15) is 11.6 Å². The number of nitrogens with two attached hydrogens (primary N) is 1. The van der Waals surface area contributed by atoms with Crippen LogP contribution < -0.4 is 5.73 Å². The van der Waals surface area contributed by atoms with E-state index in [1.165, 1.54) is 0 Å². The van der Waals surface area contributed by atoms with E-state index in [0.717, 1.165) is 14.6 Å². The summed E-state index contributed by atoms with van der Waals surface area (Å²) in [6.07, 6.45) is 0.645. The van der Waals surface area contributed by atoms with E-state index in [9.17, 15) is 4.79 Å². The van der Waals surface area contributed by atoms with E-state index >= 15 is 0 Å². The van der Waals surface area contributed by atoms with E-state index in [4.69, 9.17) is 10.5 Å². The molecule has 21 heavy (non-hydrogen) atoms. The highest BCUT2D eigenvalue weighted by atomic mass is 79.9. The smallest absolute Gasteiger partial charge is 0.360 e. The van der Waals surface area contributed by atoms with Crippen LogP contribution in [0.4, 0.5) is 5.82 Å². The lowest BCUT2D eigenvalue weighted by molar-refractivity contribution is 0.0521. The molecular weight excluding hydrogens is 402 g/mol. The van der Waals surface area contributed by atoms with Crippen LogP contribution in [0.5, 0.6) is 0 Å². The van der Waals surface area contributed by atoms with Gasteiger partial charge >= 0.3 is 5.97 Å². The summed E-state index contributed by atoms with van der Waals surface area (Å²) in [5, 5.41) is 0. The largest absolute Gasteiger partial charge is 0.461 e. The first-order chi connectivity index (χ1) is 9.99. The number of rotatable bonds is 4. The number of nitrogen functional groups attached to an aromatic ring is 1. The Kier molecular flexibility index (Phi) is 5.05. The first kappa shape index (κ1) is 16.0. The van der Waals surface area contributed by atoms with E-state index in [-0.39, 0.29) is 18.1 Å². The molecule has 0 fully saturated rings. The molecule has 0 atom stereocenters. The Balaban J connectivity index is 2.60. The number of nitrogens with zero attached hydrogens (tertiary/aromatic N) is 2. The number of carbonyl (C=O) groups excluding carboxylic acids is 1. The number of halogens is 2. The second-order valence-electron chi connectivity index (χ2n) is 4.27. The molecule has 0 spiro atoms. The van der Waals surface area contributed by atoms with E-state index in [0.29, 0.717) is 12.2 Å². The van der Waals surface area contributed by atoms with Crippen LogP contribution in [-0.4, -0.2) is 22.1 Å². The topological polar surface area (TPSA) is 70.1 Å². The number of aromatic nitrogens is 2. The molecule has 0 aliphatic heterocycles. The minimum absolute atomic E-state index is 0.156. The molecule has 0 amide bonds. The summed E-state index contributed by atoms with van der Waals surface area (Å²) >= 11 is 6.92. The van der Waals surface area contributed by atoms with Crippen molar-refractivity contribution >= 4 is 43.6 Å². The molecule has 0 aliphatic carbocycles. The molecule has 0 unspecified atom stereocenters. The minimum Gasteiger partial charge on any atom is -0.461 e. The van der Waals surface area contributed by atoms with Crippen molar-refractivity contribution in [3.8, 4) is 5.69 Å². The number of hydrogen-bond acceptors (Lipinski definition) is 4. The average molecular weight is 417 g/mol. The highest BCUT2D eigenvalue weighted by Crippen LogP contribution is 2.30. The number of carbonyl (C=O) groups is 1. The summed E-state index contributed by atoms with van der Waals surface area (Å²) < 4.78 is 8.56. The van der Waals surface area contributed by atoms with Crippen molar-refractivity contribution in [3.05, 3.63) is 38.7 Å². The molecule has 1 heterocycles. The van der Waals surface area contributed by atoms with Gasteiger partial charge in [-0.1, -0.05) is 22.9 Å². The Bertz CT molecular complexity index is 683. The normalized spacial score (nSPS) is 10.7. The molecule has 2 aromatic rings. The van der Waals surface area contributed by atoms with Gasteiger partial charge in [0.05, 0.1) is 12.3 Å². The summed E-state index contributed by atoms with van der Waals surface area (Å²) in [5.41, 5.74) is 7.10. The van der Waals surface area contributed by atoms with E-state index < -0.39 is 5.97 Å². The molecule has 0 radical (unpaired) electrons. The Morgan fingerprint density at radius 3 is 2.67 bits per heavy atom. The minimum atomic E-state index is -0.503. The maximum absolute atomic E-state index is 11.9. The third-order valence-electron chi connectivity index (χ3n) is 2.92. The van der Waals surface area contributed by atoms with Gasteiger partial charge in [0.2, 0.25) is 0 Å². The molecule has 2 N–H and O–H groups in total. The molecular formula is C14H15Br2N3O2. The number of imidazole rings is 1. The Hall–Kier alpha value is -1.34. The molecule has 1 aromatic carbocycles. The number of esters is 1. The van der Waals surface area contributed by atoms with Gasteiger partial charge in [-0.2, -0.15) is 0 Å². The third kappa shape index (κ3) is 3.13. The Labute approximate surface area is 139 Å². The summed E-state index contributed by atoms with van der Waals surface area (Å²) in [7, 11) is 0. The SMILES string of the molecule is CCOC(=O)c1nc(CC)n(-c2ccc(Br)cc2Br)c1N. The Morgan fingerprint density at radius 1 is 1.38 bits per heavy atom. The van der Waals surface area contributed by atoms with E-state index in [2.05, 4.69) is 36.8 Å². The van der Waals surface area contributed by atoms with Crippen LogP contribution in [0.25, 0.3) is 5.69 Å². The van der Waals surface area contributed by atoms with Gasteiger partial charge in [-0.3, -0.25) is 4.57 Å². The van der Waals surface area contributed by atoms with Gasteiger partial charge in [0.15, 0.2) is 5.69 Å². The predicted molar refractivity (Wildman–Crippen MR) is 88.7 cm³/mol. The summed E-state index contributed by atoms with van der Waals surface area (Å²) in [4.78, 5) is 16.2. The summed E-state index contributed by atoms with van der Waals surface area (Å²) in [6, 6.07) is 5.72. The lowest BCUT2D eigenvalue weighted by Crippen LogP contribution is -2.09. The predicted octanol–water partition coefficient (Wildman–Crippen LogP) is 3.72. The highest BCUT2D eigenvalue weighted by Gasteiger charge is 2.22. The second kappa shape index (κ2) is 6.62. The van der Waals surface area contributed by atoms with Crippen LogP contribution in [-0.2, 0) is 11.2 Å². The molecule has 2 rings (SSSR count). The molecule has 1 aromatic heterocycles. The van der Waals surface area contributed by atoms with Crippen molar-refractivity contribution in [2.75, 3.05) is 12.3 Å². The number of anilines is 1. The van der Waals surface area contributed by atoms with Gasteiger partial charge in [0, 0.05) is 15.4 Å². The van der Waals surface area contributed by atoms with Crippen LogP contribution in [0.15, 0.2) is 27.1 Å². The molecule has 0 saturated carbocycles. The molecule has 5 nitrogen and oxygen atoms in total. The second-order valence-corrected chi connectivity index (χ2v) is 6.04. The van der Waals surface area contributed by atoms with Gasteiger partial charge in [-0.25, -0.2) is 9.78 Å². The fourth-order valence-electron chi connectivity index (χ4n) is 2.00. The highest BCUT2D eigenvalue weighted by molar-refractivity contribution is 9.11. The molecule has 0 bridgehead atoms. The van der Waals surface area contributed by atoms with Crippen molar-refractivity contribution in [3.63, 3.8) is 0 Å². The van der Waals surface area contributed by atoms with Gasteiger partial charge in [0.25, 0.3) is 0 Å². The van der Waals surface area contributed by atoms with Crippen LogP contribution >= 0.6 is 31.9 Å². The van der Waals surface area contributed by atoms with Crippen molar-refractivity contribution in [1.29, 1.82) is 0 Å². The zero-order valence-corrected chi connectivity index (χ0v) is 14.9. The third-order valence-corrected chi connectivity index (χ3v) is 4.05. The van der Waals surface area contributed by atoms with Crippen LogP contribution in [0.3, 0.4) is 0 Å². The van der Waals surface area contributed by atoms with Gasteiger partial charge in [-0.05, 0) is 41.1 Å². The van der Waals surface area contributed by atoms with Gasteiger partial charge < -0.3 is 10.5 Å². The van der Waals surface area contributed by atoms with Crippen LogP contribution in [0, 0.1) is 0 Å². The zero-order chi connectivity index (χ0) is 15.6. The van der Waals surface area contributed by atoms with E-state index in [1.54, 1.807) is 11.5 Å². The van der Waals surface area contributed by atoms with Crippen molar-refractivity contribution in [1.82, 2.24) is 9.55 Å². The standard InChI is InChI=1S/C14H15Br2N3O2/c1-3-11-18-12(14(20)21-4-2)13(17)19(11)10-6-5-8(15)7-9(10)16/h5-7H,3-4,17H2,1-2H3. The first-order valence-electron chi connectivity index (χ1n) is 6.49. The van der Waals surface area contributed by atoms with Crippen molar-refractivity contribution < 1.29 is 9.53 Å². The lowest BCUT2D eigenvalue weighted by atomic mass is 10.3.